The molecule has 0 radical (unpaired) electrons. The van der Waals surface area contributed by atoms with Crippen molar-refractivity contribution in [2.24, 2.45) is 10.8 Å². The lowest BCUT2D eigenvalue weighted by Crippen LogP contribution is -2.35. The quantitative estimate of drug-likeness (QED) is 0.0262. The zero-order valence-electron chi connectivity index (χ0n) is 46.7. The maximum Gasteiger partial charge on any atom is 0.307 e. The molecule has 2 N–H and O–H groups in total. The first kappa shape index (κ1) is 69.4. The minimum atomic E-state index is -0.199. The van der Waals surface area contributed by atoms with Gasteiger partial charge in [-0.3, -0.25) is 14.4 Å². The summed E-state index contributed by atoms with van der Waals surface area (Å²) < 4.78 is 11.2. The smallest absolute Gasteiger partial charge is 0.307 e. The van der Waals surface area contributed by atoms with Crippen molar-refractivity contribution in [3.8, 4) is 0 Å². The molecule has 0 aromatic carbocycles. The number of likely N-dealkylation sites (N-methyl/N-ethyl adjacent to an activating group) is 1. The number of unbranched alkanes of at least 4 members (excludes halogenated alkanes) is 15. The van der Waals surface area contributed by atoms with Crippen LogP contribution in [0.2, 0.25) is 0 Å². The second kappa shape index (κ2) is 49.3. The summed E-state index contributed by atoms with van der Waals surface area (Å²) in [5.41, 5.74) is 0.864. The van der Waals surface area contributed by atoms with E-state index in [2.05, 4.69) is 82.8 Å². The predicted molar refractivity (Wildman–Crippen MR) is 312 cm³/mol. The van der Waals surface area contributed by atoms with Crippen LogP contribution in [0.4, 0.5) is 0 Å². The molecule has 1 amide bonds. The highest BCUT2D eigenvalue weighted by molar-refractivity contribution is 8.77. The Morgan fingerprint density at radius 3 is 1.63 bits per heavy atom. The van der Waals surface area contributed by atoms with Crippen LogP contribution >= 0.6 is 43.2 Å². The van der Waals surface area contributed by atoms with Crippen molar-refractivity contribution in [2.45, 2.75) is 241 Å². The topological polar surface area (TPSA) is 108 Å². The van der Waals surface area contributed by atoms with E-state index in [-0.39, 0.29) is 23.9 Å². The van der Waals surface area contributed by atoms with E-state index < -0.39 is 0 Å². The zero-order chi connectivity index (χ0) is 51.8. The third kappa shape index (κ3) is 55.2. The van der Waals surface area contributed by atoms with Gasteiger partial charge in [0.1, 0.15) is 0 Å². The Labute approximate surface area is 448 Å². The number of rotatable bonds is 51. The van der Waals surface area contributed by atoms with E-state index in [1.54, 1.807) is 0 Å². The molecule has 0 aliphatic heterocycles. The van der Waals surface area contributed by atoms with Gasteiger partial charge in [-0.05, 0) is 121 Å². The average molecular weight is 1060 g/mol. The van der Waals surface area contributed by atoms with Crippen LogP contribution < -0.4 is 5.32 Å². The van der Waals surface area contributed by atoms with Gasteiger partial charge in [-0.25, -0.2) is 0 Å². The van der Waals surface area contributed by atoms with Crippen molar-refractivity contribution in [1.29, 1.82) is 0 Å². The minimum absolute atomic E-state index is 0.127. The molecule has 1 atom stereocenters. The first-order valence-corrected chi connectivity index (χ1v) is 33.4. The fourth-order valence-electron chi connectivity index (χ4n) is 7.82. The van der Waals surface area contributed by atoms with E-state index in [0.717, 1.165) is 103 Å². The summed E-state index contributed by atoms with van der Waals surface area (Å²) in [5, 5.41) is 13.2. The monoisotopic (exact) mass is 1060 g/mol. The summed E-state index contributed by atoms with van der Waals surface area (Å²) in [6, 6.07) is 0. The lowest BCUT2D eigenvalue weighted by atomic mass is 9.90. The molecular formula is C57H111N3O6S4. The van der Waals surface area contributed by atoms with E-state index in [9.17, 15) is 19.5 Å². The molecule has 0 spiro atoms. The highest BCUT2D eigenvalue weighted by Gasteiger charge is 2.14. The van der Waals surface area contributed by atoms with E-state index >= 15 is 0 Å². The van der Waals surface area contributed by atoms with Gasteiger partial charge in [-0.15, -0.1) is 0 Å². The standard InChI is InChI=1S/C57H111N3O6S4/c1-9-10-11-22-33-52(61)34-23-16-14-12-13-15-17-24-35-53(62)58-40-45-59(8)41-32-42-60(44-37-55(64)66-47-27-19-21-29-49-68-70-51-31-39-57(5,6)7)43-36-54(63)65-46-26-18-20-28-48-67-69-50-30-25-38-56(2,3)4/h16,23,52,61H,9-15,17-22,24-51H2,1-8H3,(H,58,62)/b23-16-/t52-/m1/s1. The predicted octanol–water partition coefficient (Wildman–Crippen LogP) is 15.5. The third-order valence-corrected chi connectivity index (χ3v) is 17.5. The van der Waals surface area contributed by atoms with E-state index in [4.69, 9.17) is 9.47 Å². The summed E-state index contributed by atoms with van der Waals surface area (Å²) >= 11 is 0. The molecule has 0 rings (SSSR count). The van der Waals surface area contributed by atoms with Crippen LogP contribution in [0.3, 0.4) is 0 Å². The van der Waals surface area contributed by atoms with E-state index in [1.807, 2.05) is 43.2 Å². The van der Waals surface area contributed by atoms with Crippen LogP contribution in [0, 0.1) is 10.8 Å². The maximum atomic E-state index is 12.7. The first-order valence-electron chi connectivity index (χ1n) is 28.4. The Bertz CT molecular complexity index is 1230. The molecule has 0 aliphatic rings. The Morgan fingerprint density at radius 1 is 0.543 bits per heavy atom. The maximum absolute atomic E-state index is 12.7. The lowest BCUT2D eigenvalue weighted by Gasteiger charge is -2.23. The largest absolute Gasteiger partial charge is 0.466 e. The lowest BCUT2D eigenvalue weighted by molar-refractivity contribution is -0.144. The van der Waals surface area contributed by atoms with Gasteiger partial charge in [0.15, 0.2) is 0 Å². The number of hydrogen-bond acceptors (Lipinski definition) is 12. The Hall–Kier alpha value is -0.570. The molecule has 0 bridgehead atoms. The number of nitrogens with one attached hydrogen (secondary N) is 1. The number of carbonyl (C=O) groups is 3. The number of ether oxygens (including phenoxy) is 2. The minimum Gasteiger partial charge on any atom is -0.466 e. The number of aliphatic hydroxyl groups is 1. The molecular weight excluding hydrogens is 951 g/mol. The van der Waals surface area contributed by atoms with Crippen molar-refractivity contribution >= 4 is 61.0 Å². The second-order valence-corrected chi connectivity index (χ2v) is 27.5. The van der Waals surface area contributed by atoms with Crippen LogP contribution in [0.1, 0.15) is 235 Å². The number of esters is 2. The Kier molecular flexibility index (Phi) is 48.9. The number of aliphatic hydroxyl groups excluding tert-OH is 1. The highest BCUT2D eigenvalue weighted by Crippen LogP contribution is 2.28. The molecule has 0 unspecified atom stereocenters. The molecule has 0 aromatic rings. The molecule has 0 saturated heterocycles. The van der Waals surface area contributed by atoms with Gasteiger partial charge in [-0.2, -0.15) is 0 Å². The number of amides is 1. The van der Waals surface area contributed by atoms with Crippen LogP contribution in [0.25, 0.3) is 0 Å². The molecule has 0 fully saturated rings. The zero-order valence-corrected chi connectivity index (χ0v) is 50.0. The van der Waals surface area contributed by atoms with Crippen molar-refractivity contribution in [1.82, 2.24) is 15.1 Å². The third-order valence-electron chi connectivity index (χ3n) is 12.3. The van der Waals surface area contributed by atoms with Gasteiger partial charge in [0.2, 0.25) is 5.91 Å². The van der Waals surface area contributed by atoms with Gasteiger partial charge >= 0.3 is 11.9 Å². The summed E-state index contributed by atoms with van der Waals surface area (Å²) in [5.74, 6) is 4.62. The number of hydrogen-bond donors (Lipinski definition) is 2. The number of allylic oxidation sites excluding steroid dienone is 1. The van der Waals surface area contributed by atoms with Gasteiger partial charge < -0.3 is 29.7 Å². The normalized spacial score (nSPS) is 12.7. The van der Waals surface area contributed by atoms with Gasteiger partial charge in [0.05, 0.1) is 32.2 Å². The summed E-state index contributed by atoms with van der Waals surface area (Å²) in [7, 11) is 10.1. The molecule has 414 valence electrons. The van der Waals surface area contributed by atoms with Crippen molar-refractivity contribution in [3.63, 3.8) is 0 Å². The van der Waals surface area contributed by atoms with Crippen LogP contribution in [0.5, 0.6) is 0 Å². The molecule has 70 heavy (non-hydrogen) atoms. The van der Waals surface area contributed by atoms with E-state index in [1.165, 1.54) is 106 Å². The number of carbonyl (C=O) groups excluding carboxylic acids is 3. The highest BCUT2D eigenvalue weighted by atomic mass is 33.1. The van der Waals surface area contributed by atoms with Crippen molar-refractivity contribution in [3.05, 3.63) is 12.2 Å². The summed E-state index contributed by atoms with van der Waals surface area (Å²) in [6.07, 6.45) is 34.5. The van der Waals surface area contributed by atoms with Crippen molar-refractivity contribution < 1.29 is 29.0 Å². The molecule has 13 heteroatoms. The van der Waals surface area contributed by atoms with Gasteiger partial charge in [0.25, 0.3) is 0 Å². The molecule has 0 saturated carbocycles. The van der Waals surface area contributed by atoms with Crippen LogP contribution in [0.15, 0.2) is 12.2 Å². The fourth-order valence-corrected chi connectivity index (χ4v) is 12.3. The van der Waals surface area contributed by atoms with Gasteiger partial charge in [0, 0.05) is 55.6 Å². The molecule has 9 nitrogen and oxygen atoms in total. The van der Waals surface area contributed by atoms with Crippen LogP contribution in [-0.2, 0) is 23.9 Å². The molecule has 0 heterocycles. The number of nitrogens with zero attached hydrogens (tertiary/aromatic N) is 2. The van der Waals surface area contributed by atoms with E-state index in [0.29, 0.717) is 62.9 Å². The second-order valence-electron chi connectivity index (χ2n) is 22.1. The average Bonchev–Trinajstić information content (AvgIpc) is 3.30. The molecule has 0 aromatic heterocycles. The molecule has 0 aliphatic carbocycles. The van der Waals surface area contributed by atoms with Crippen molar-refractivity contribution in [2.75, 3.05) is 82.5 Å². The summed E-state index contributed by atoms with van der Waals surface area (Å²) in [6.45, 7) is 21.2. The van der Waals surface area contributed by atoms with Gasteiger partial charge in [-0.1, -0.05) is 181 Å². The fraction of sp³-hybridized carbons (Fsp3) is 0.912. The first-order chi connectivity index (χ1) is 33.6. The Balaban J connectivity index is 4.41. The summed E-state index contributed by atoms with van der Waals surface area (Å²) in [4.78, 5) is 42.4. The van der Waals surface area contributed by atoms with Crippen LogP contribution in [-0.4, -0.2) is 121 Å². The SMILES string of the molecule is CCCCCC[C@@H](O)C/C=C\CCCCCCCC(=O)NCCN(C)CCCN(CCC(=O)OCCCCCCSSCCCCC(C)(C)C)CCC(=O)OCCCCCCSSCCCC(C)(C)C. The Morgan fingerprint density at radius 2 is 1.04 bits per heavy atom.